The molecule has 0 radical (unpaired) electrons. The molecule has 0 aliphatic heterocycles. The zero-order valence-corrected chi connectivity index (χ0v) is 18.2. The van der Waals surface area contributed by atoms with Crippen molar-refractivity contribution in [3.05, 3.63) is 70.1 Å². The molecule has 0 aliphatic carbocycles. The molecule has 1 amide bonds. The third-order valence-electron chi connectivity index (χ3n) is 5.38. The van der Waals surface area contributed by atoms with Gasteiger partial charge in [0.15, 0.2) is 11.8 Å². The number of ether oxygens (including phenoxy) is 1. The van der Waals surface area contributed by atoms with Crippen LogP contribution in [0.1, 0.15) is 56.1 Å². The number of rotatable bonds is 7. The summed E-state index contributed by atoms with van der Waals surface area (Å²) in [4.78, 5) is 38.0. The van der Waals surface area contributed by atoms with Crippen molar-refractivity contribution in [1.82, 2.24) is 9.78 Å². The molecular weight excluding hydrogens is 394 g/mol. The van der Waals surface area contributed by atoms with Crippen LogP contribution in [0.25, 0.3) is 10.8 Å². The van der Waals surface area contributed by atoms with Crippen LogP contribution in [0.5, 0.6) is 0 Å². The highest BCUT2D eigenvalue weighted by molar-refractivity contribution is 6.03. The Kier molecular flexibility index (Phi) is 6.84. The molecule has 1 heterocycles. The average molecular weight is 421 g/mol. The molecule has 0 spiro atoms. The summed E-state index contributed by atoms with van der Waals surface area (Å²) in [5.74, 6) is -0.909. The molecule has 0 aliphatic rings. The van der Waals surface area contributed by atoms with Crippen molar-refractivity contribution in [3.63, 3.8) is 0 Å². The first kappa shape index (κ1) is 22.2. The third kappa shape index (κ3) is 4.66. The van der Waals surface area contributed by atoms with Crippen LogP contribution in [0.2, 0.25) is 0 Å². The lowest BCUT2D eigenvalue weighted by Gasteiger charge is -2.18. The van der Waals surface area contributed by atoms with Crippen LogP contribution in [-0.4, -0.2) is 27.8 Å². The fourth-order valence-corrected chi connectivity index (χ4v) is 3.36. The lowest BCUT2D eigenvalue weighted by Crippen LogP contribution is -2.32. The van der Waals surface area contributed by atoms with Gasteiger partial charge in [-0.05, 0) is 43.9 Å². The van der Waals surface area contributed by atoms with Gasteiger partial charge < -0.3 is 10.1 Å². The van der Waals surface area contributed by atoms with Crippen molar-refractivity contribution in [3.8, 4) is 0 Å². The van der Waals surface area contributed by atoms with Crippen molar-refractivity contribution in [1.29, 1.82) is 0 Å². The summed E-state index contributed by atoms with van der Waals surface area (Å²) < 4.78 is 6.63. The monoisotopic (exact) mass is 421 g/mol. The molecule has 0 fully saturated rings. The lowest BCUT2D eigenvalue weighted by molar-refractivity contribution is -0.123. The summed E-state index contributed by atoms with van der Waals surface area (Å²) in [5.41, 5.74) is 1.46. The van der Waals surface area contributed by atoms with Crippen molar-refractivity contribution < 1.29 is 14.3 Å². The third-order valence-corrected chi connectivity index (χ3v) is 5.38. The summed E-state index contributed by atoms with van der Waals surface area (Å²) in [7, 11) is 0. The van der Waals surface area contributed by atoms with Gasteiger partial charge in [-0.3, -0.25) is 9.59 Å². The zero-order valence-electron chi connectivity index (χ0n) is 18.2. The maximum Gasteiger partial charge on any atom is 0.360 e. The first-order valence-corrected chi connectivity index (χ1v) is 10.5. The second kappa shape index (κ2) is 9.55. The summed E-state index contributed by atoms with van der Waals surface area (Å²) in [6.07, 6.45) is -0.108. The Balaban J connectivity index is 1.83. The molecule has 0 saturated carbocycles. The van der Waals surface area contributed by atoms with Gasteiger partial charge >= 0.3 is 5.97 Å². The van der Waals surface area contributed by atoms with Crippen LogP contribution in [0.15, 0.2) is 53.3 Å². The van der Waals surface area contributed by atoms with E-state index in [9.17, 15) is 14.4 Å². The van der Waals surface area contributed by atoms with Gasteiger partial charge in [0.25, 0.3) is 11.5 Å². The molecule has 1 N–H and O–H groups in total. The number of nitrogens with one attached hydrogen (secondary N) is 1. The van der Waals surface area contributed by atoms with Gasteiger partial charge in [-0.15, -0.1) is 0 Å². The number of fused-ring (bicyclic) bond motifs is 1. The van der Waals surface area contributed by atoms with Gasteiger partial charge in [0, 0.05) is 17.6 Å². The van der Waals surface area contributed by atoms with E-state index < -0.39 is 18.0 Å². The number of anilines is 1. The lowest BCUT2D eigenvalue weighted by atomic mass is 9.97. The van der Waals surface area contributed by atoms with Crippen LogP contribution in [0.4, 0.5) is 5.69 Å². The number of hydrogen-bond donors (Lipinski definition) is 1. The van der Waals surface area contributed by atoms with Crippen molar-refractivity contribution in [2.24, 2.45) is 0 Å². The Morgan fingerprint density at radius 3 is 2.35 bits per heavy atom. The van der Waals surface area contributed by atoms with Crippen LogP contribution in [-0.2, 0) is 16.1 Å². The predicted octanol–water partition coefficient (Wildman–Crippen LogP) is 4.11. The Hall–Kier alpha value is -3.48. The first-order valence-electron chi connectivity index (χ1n) is 10.5. The molecular formula is C24H27N3O4. The van der Waals surface area contributed by atoms with E-state index in [-0.39, 0.29) is 17.2 Å². The minimum absolute atomic E-state index is 0.0108. The van der Waals surface area contributed by atoms with E-state index in [1.165, 1.54) is 11.6 Å². The number of aromatic nitrogens is 2. The quantitative estimate of drug-likeness (QED) is 0.580. The van der Waals surface area contributed by atoms with Gasteiger partial charge in [0.1, 0.15) is 0 Å². The molecule has 1 aromatic heterocycles. The number of esters is 1. The molecule has 31 heavy (non-hydrogen) atoms. The average Bonchev–Trinajstić information content (AvgIpc) is 2.79. The smallest absolute Gasteiger partial charge is 0.360 e. The van der Waals surface area contributed by atoms with E-state index in [2.05, 4.69) is 24.3 Å². The topological polar surface area (TPSA) is 90.3 Å². The summed E-state index contributed by atoms with van der Waals surface area (Å²) >= 11 is 0. The zero-order chi connectivity index (χ0) is 22.5. The number of benzene rings is 2. The molecule has 0 bridgehead atoms. The molecule has 3 aromatic rings. The molecule has 3 rings (SSSR count). The Morgan fingerprint density at radius 1 is 1.03 bits per heavy atom. The maximum absolute atomic E-state index is 12.8. The van der Waals surface area contributed by atoms with Gasteiger partial charge in [0.05, 0.1) is 5.39 Å². The van der Waals surface area contributed by atoms with E-state index >= 15 is 0 Å². The van der Waals surface area contributed by atoms with Gasteiger partial charge in [-0.2, -0.15) is 5.10 Å². The number of aryl methyl sites for hydroxylation is 1. The van der Waals surface area contributed by atoms with Gasteiger partial charge in [0.2, 0.25) is 0 Å². The minimum Gasteiger partial charge on any atom is -0.448 e. The highest BCUT2D eigenvalue weighted by Crippen LogP contribution is 2.26. The molecule has 2 atom stereocenters. The fraction of sp³-hybridized carbons (Fsp3) is 0.333. The minimum atomic E-state index is -1.04. The highest BCUT2D eigenvalue weighted by atomic mass is 16.5. The van der Waals surface area contributed by atoms with Crippen LogP contribution >= 0.6 is 0 Å². The standard InChI is InChI=1S/C24H27N3O4/c1-5-15(3)17-11-9-10-14-20(17)25-22(28)16(4)31-24(30)21-18-12-7-8-13-19(18)23(29)27(6-2)26-21/h7-16H,5-6H2,1-4H3,(H,25,28)/t15-,16-/m1/s1. The molecule has 162 valence electrons. The molecule has 0 unspecified atom stereocenters. The van der Waals surface area contributed by atoms with Crippen LogP contribution < -0.4 is 10.9 Å². The fourth-order valence-electron chi connectivity index (χ4n) is 3.36. The molecule has 0 saturated heterocycles. The van der Waals surface area contributed by atoms with Crippen LogP contribution in [0, 0.1) is 0 Å². The Bertz CT molecular complexity index is 1170. The van der Waals surface area contributed by atoms with E-state index in [0.29, 0.717) is 23.0 Å². The normalized spacial score (nSPS) is 12.9. The molecule has 2 aromatic carbocycles. The largest absolute Gasteiger partial charge is 0.448 e. The van der Waals surface area contributed by atoms with Gasteiger partial charge in [-0.25, -0.2) is 9.48 Å². The predicted molar refractivity (Wildman–Crippen MR) is 120 cm³/mol. The van der Waals surface area contributed by atoms with Crippen molar-refractivity contribution >= 4 is 28.3 Å². The Labute approximate surface area is 181 Å². The number of carbonyl (C=O) groups excluding carboxylic acids is 2. The number of carbonyl (C=O) groups is 2. The first-order chi connectivity index (χ1) is 14.9. The Morgan fingerprint density at radius 2 is 1.68 bits per heavy atom. The van der Waals surface area contributed by atoms with Crippen LogP contribution in [0.3, 0.4) is 0 Å². The van der Waals surface area contributed by atoms with E-state index in [0.717, 1.165) is 12.0 Å². The number of nitrogens with zero attached hydrogens (tertiary/aromatic N) is 2. The maximum atomic E-state index is 12.8. The number of hydrogen-bond acceptors (Lipinski definition) is 5. The van der Waals surface area contributed by atoms with Gasteiger partial charge in [-0.1, -0.05) is 50.2 Å². The van der Waals surface area contributed by atoms with Crippen molar-refractivity contribution in [2.45, 2.75) is 52.7 Å². The second-order valence-electron chi connectivity index (χ2n) is 7.45. The van der Waals surface area contributed by atoms with E-state index in [1.807, 2.05) is 24.3 Å². The number of amides is 1. The summed E-state index contributed by atoms with van der Waals surface area (Å²) in [6.45, 7) is 7.77. The summed E-state index contributed by atoms with van der Waals surface area (Å²) in [6, 6.07) is 14.3. The van der Waals surface area contributed by atoms with Crippen molar-refractivity contribution in [2.75, 3.05) is 5.32 Å². The second-order valence-corrected chi connectivity index (χ2v) is 7.45. The SMILES string of the molecule is CC[C@@H](C)c1ccccc1NC(=O)[C@@H](C)OC(=O)c1nn(CC)c(=O)c2ccccc12. The van der Waals surface area contributed by atoms with E-state index in [1.54, 1.807) is 31.2 Å². The number of para-hydroxylation sites is 1. The highest BCUT2D eigenvalue weighted by Gasteiger charge is 2.24. The molecule has 7 heteroatoms. The molecule has 7 nitrogen and oxygen atoms in total. The van der Waals surface area contributed by atoms with E-state index in [4.69, 9.17) is 4.74 Å². The summed E-state index contributed by atoms with van der Waals surface area (Å²) in [5, 5.41) is 7.80.